The molecule has 1 heterocycles. The van der Waals surface area contributed by atoms with Gasteiger partial charge in [0, 0.05) is 6.04 Å². The van der Waals surface area contributed by atoms with E-state index >= 15 is 0 Å². The Bertz CT molecular complexity index is 381. The standard InChI is InChI=1S/C11H20N4O2S/c1-5-8(2)12-9(16)7-18-11-14-13-10(17-11)6-15(3)4/h8H,5-7H2,1-4H3,(H,12,16)/p+1/t8-/m0/s1. The van der Waals surface area contributed by atoms with Crippen molar-refractivity contribution in [3.8, 4) is 0 Å². The zero-order chi connectivity index (χ0) is 13.5. The molecular weight excluding hydrogens is 252 g/mol. The molecule has 0 fully saturated rings. The number of carbonyl (C=O) groups is 1. The Balaban J connectivity index is 2.34. The highest BCUT2D eigenvalue weighted by Crippen LogP contribution is 2.15. The molecule has 1 atom stereocenters. The molecule has 0 aliphatic heterocycles. The number of aromatic nitrogens is 2. The van der Waals surface area contributed by atoms with Crippen LogP contribution >= 0.6 is 11.8 Å². The highest BCUT2D eigenvalue weighted by atomic mass is 32.2. The van der Waals surface area contributed by atoms with E-state index in [9.17, 15) is 4.79 Å². The van der Waals surface area contributed by atoms with Crippen LogP contribution < -0.4 is 10.2 Å². The SMILES string of the molecule is CC[C@H](C)NC(=O)CSc1nnc(C[NH+](C)C)o1. The number of hydrogen-bond donors (Lipinski definition) is 2. The zero-order valence-corrected chi connectivity index (χ0v) is 12.1. The Morgan fingerprint density at radius 3 is 2.83 bits per heavy atom. The fourth-order valence-corrected chi connectivity index (χ4v) is 1.81. The summed E-state index contributed by atoms with van der Waals surface area (Å²) in [6.07, 6.45) is 0.923. The van der Waals surface area contributed by atoms with E-state index < -0.39 is 0 Å². The zero-order valence-electron chi connectivity index (χ0n) is 11.3. The second-order valence-corrected chi connectivity index (χ2v) is 5.44. The first-order chi connectivity index (χ1) is 8.51. The maximum absolute atomic E-state index is 11.5. The van der Waals surface area contributed by atoms with Crippen molar-refractivity contribution < 1.29 is 14.1 Å². The van der Waals surface area contributed by atoms with Crippen LogP contribution in [-0.2, 0) is 11.3 Å². The highest BCUT2D eigenvalue weighted by Gasteiger charge is 2.12. The summed E-state index contributed by atoms with van der Waals surface area (Å²) in [5, 5.41) is 11.1. The fourth-order valence-electron chi connectivity index (χ4n) is 1.22. The molecule has 0 unspecified atom stereocenters. The van der Waals surface area contributed by atoms with Crippen molar-refractivity contribution in [3.05, 3.63) is 5.89 Å². The van der Waals surface area contributed by atoms with E-state index in [1.54, 1.807) is 0 Å². The molecule has 0 saturated heterocycles. The van der Waals surface area contributed by atoms with Crippen LogP contribution in [0, 0.1) is 0 Å². The summed E-state index contributed by atoms with van der Waals surface area (Å²) in [5.74, 6) is 0.896. The normalized spacial score (nSPS) is 12.7. The molecule has 0 saturated carbocycles. The molecule has 0 bridgehead atoms. The lowest BCUT2D eigenvalue weighted by molar-refractivity contribution is -0.874. The van der Waals surface area contributed by atoms with Crippen molar-refractivity contribution in [2.45, 2.75) is 38.1 Å². The third-order valence-corrected chi connectivity index (χ3v) is 3.12. The number of carbonyl (C=O) groups excluding carboxylic acids is 1. The Hall–Kier alpha value is -1.08. The first kappa shape index (κ1) is 15.0. The number of amides is 1. The molecule has 6 nitrogen and oxygen atoms in total. The quantitative estimate of drug-likeness (QED) is 0.669. The van der Waals surface area contributed by atoms with Gasteiger partial charge in [0.2, 0.25) is 5.91 Å². The molecule has 0 aliphatic carbocycles. The maximum Gasteiger partial charge on any atom is 0.277 e. The van der Waals surface area contributed by atoms with Gasteiger partial charge in [0.1, 0.15) is 0 Å². The molecule has 1 aromatic rings. The maximum atomic E-state index is 11.5. The smallest absolute Gasteiger partial charge is 0.277 e. The summed E-state index contributed by atoms with van der Waals surface area (Å²) in [6.45, 7) is 4.70. The minimum atomic E-state index is -0.00710. The van der Waals surface area contributed by atoms with E-state index in [1.807, 2.05) is 27.9 Å². The number of thioether (sulfide) groups is 1. The Labute approximate surface area is 112 Å². The third-order valence-electron chi connectivity index (χ3n) is 2.30. The van der Waals surface area contributed by atoms with Crippen molar-refractivity contribution >= 4 is 17.7 Å². The first-order valence-corrected chi connectivity index (χ1v) is 7.03. The van der Waals surface area contributed by atoms with Gasteiger partial charge in [-0.3, -0.25) is 4.79 Å². The first-order valence-electron chi connectivity index (χ1n) is 6.04. The van der Waals surface area contributed by atoms with Crippen LogP contribution in [0.2, 0.25) is 0 Å². The largest absolute Gasteiger partial charge is 0.410 e. The molecule has 0 aromatic carbocycles. The molecule has 1 aromatic heterocycles. The Morgan fingerprint density at radius 1 is 1.50 bits per heavy atom. The van der Waals surface area contributed by atoms with Crippen LogP contribution in [0.15, 0.2) is 9.64 Å². The van der Waals surface area contributed by atoms with Gasteiger partial charge in [0.15, 0.2) is 6.54 Å². The second-order valence-electron chi connectivity index (χ2n) is 4.51. The predicted molar refractivity (Wildman–Crippen MR) is 69.4 cm³/mol. The van der Waals surface area contributed by atoms with Crippen molar-refractivity contribution in [1.82, 2.24) is 15.5 Å². The van der Waals surface area contributed by atoms with E-state index in [2.05, 4.69) is 15.5 Å². The molecule has 1 rings (SSSR count). The van der Waals surface area contributed by atoms with Crippen LogP contribution in [0.1, 0.15) is 26.2 Å². The van der Waals surface area contributed by atoms with Gasteiger partial charge in [-0.05, 0) is 13.3 Å². The Kier molecular flexibility index (Phi) is 6.14. The molecule has 18 heavy (non-hydrogen) atoms. The molecule has 7 heteroatoms. The van der Waals surface area contributed by atoms with Gasteiger partial charge < -0.3 is 14.6 Å². The summed E-state index contributed by atoms with van der Waals surface area (Å²) in [6, 6.07) is 0.202. The molecule has 0 spiro atoms. The van der Waals surface area contributed by atoms with E-state index in [-0.39, 0.29) is 11.9 Å². The van der Waals surface area contributed by atoms with Crippen molar-refractivity contribution in [1.29, 1.82) is 0 Å². The number of rotatable bonds is 7. The van der Waals surface area contributed by atoms with E-state index in [0.29, 0.717) is 23.4 Å². The topological polar surface area (TPSA) is 72.5 Å². The molecule has 102 valence electrons. The fraction of sp³-hybridized carbons (Fsp3) is 0.727. The molecule has 0 aliphatic rings. The van der Waals surface area contributed by atoms with Gasteiger partial charge in [-0.15, -0.1) is 10.2 Å². The van der Waals surface area contributed by atoms with E-state index in [1.165, 1.54) is 16.7 Å². The lowest BCUT2D eigenvalue weighted by atomic mass is 10.3. The van der Waals surface area contributed by atoms with Gasteiger partial charge in [-0.2, -0.15) is 0 Å². The average molecular weight is 273 g/mol. The van der Waals surface area contributed by atoms with Gasteiger partial charge in [0.25, 0.3) is 11.1 Å². The number of quaternary nitrogens is 1. The summed E-state index contributed by atoms with van der Waals surface area (Å²) < 4.78 is 5.42. The van der Waals surface area contributed by atoms with Crippen LogP contribution in [-0.4, -0.2) is 42.0 Å². The number of hydrogen-bond acceptors (Lipinski definition) is 5. The summed E-state index contributed by atoms with van der Waals surface area (Å²) in [7, 11) is 4.02. The number of nitrogens with one attached hydrogen (secondary N) is 2. The molecular formula is C11H21N4O2S+. The van der Waals surface area contributed by atoms with Crippen LogP contribution in [0.3, 0.4) is 0 Å². The summed E-state index contributed by atoms with van der Waals surface area (Å²) in [5.41, 5.74) is 0. The van der Waals surface area contributed by atoms with Crippen molar-refractivity contribution in [2.24, 2.45) is 0 Å². The minimum absolute atomic E-state index is 0.00710. The van der Waals surface area contributed by atoms with Crippen LogP contribution in [0.5, 0.6) is 0 Å². The van der Waals surface area contributed by atoms with Crippen molar-refractivity contribution in [3.63, 3.8) is 0 Å². The average Bonchev–Trinajstić information content (AvgIpc) is 2.73. The van der Waals surface area contributed by atoms with Crippen molar-refractivity contribution in [2.75, 3.05) is 19.8 Å². The van der Waals surface area contributed by atoms with Gasteiger partial charge in [-0.1, -0.05) is 18.7 Å². The monoisotopic (exact) mass is 273 g/mol. The molecule has 2 N–H and O–H groups in total. The second kappa shape index (κ2) is 7.38. The minimum Gasteiger partial charge on any atom is -0.410 e. The molecule has 1 amide bonds. The summed E-state index contributed by atoms with van der Waals surface area (Å²) in [4.78, 5) is 12.8. The summed E-state index contributed by atoms with van der Waals surface area (Å²) >= 11 is 1.27. The highest BCUT2D eigenvalue weighted by molar-refractivity contribution is 7.99. The predicted octanol–water partition coefficient (Wildman–Crippen LogP) is -0.279. The lowest BCUT2D eigenvalue weighted by Gasteiger charge is -2.09. The van der Waals surface area contributed by atoms with Crippen LogP contribution in [0.4, 0.5) is 0 Å². The van der Waals surface area contributed by atoms with E-state index in [4.69, 9.17) is 4.42 Å². The van der Waals surface area contributed by atoms with E-state index in [0.717, 1.165) is 6.42 Å². The van der Waals surface area contributed by atoms with Gasteiger partial charge in [-0.25, -0.2) is 0 Å². The molecule has 0 radical (unpaired) electrons. The lowest BCUT2D eigenvalue weighted by Crippen LogP contribution is -3.04. The van der Waals surface area contributed by atoms with Gasteiger partial charge in [0.05, 0.1) is 19.8 Å². The van der Waals surface area contributed by atoms with Crippen LogP contribution in [0.25, 0.3) is 0 Å². The van der Waals surface area contributed by atoms with Gasteiger partial charge >= 0.3 is 0 Å². The Morgan fingerprint density at radius 2 is 2.22 bits per heavy atom. The number of nitrogens with zero attached hydrogens (tertiary/aromatic N) is 2. The third kappa shape index (κ3) is 5.50.